The number of halogens is 1. The second-order valence-electron chi connectivity index (χ2n) is 5.85. The third kappa shape index (κ3) is 2.64. The average molecular weight is 311 g/mol. The third-order valence-electron chi connectivity index (χ3n) is 3.95. The number of benzene rings is 2. The summed E-state index contributed by atoms with van der Waals surface area (Å²) >= 11 is 0. The Bertz CT molecular complexity index is 943. The summed E-state index contributed by atoms with van der Waals surface area (Å²) < 4.78 is 14.6. The Kier molecular flexibility index (Phi) is 3.74. The Hall–Kier alpha value is -2.53. The van der Waals surface area contributed by atoms with E-state index in [0.29, 0.717) is 22.3 Å². The van der Waals surface area contributed by atoms with Gasteiger partial charge in [0.2, 0.25) is 0 Å². The van der Waals surface area contributed by atoms with Gasteiger partial charge in [0.15, 0.2) is 0 Å². The van der Waals surface area contributed by atoms with Gasteiger partial charge >= 0.3 is 0 Å². The predicted molar refractivity (Wildman–Crippen MR) is 89.7 cm³/mol. The molecule has 3 aromatic rings. The molecule has 1 atom stereocenters. The van der Waals surface area contributed by atoms with Crippen LogP contribution >= 0.6 is 0 Å². The highest BCUT2D eigenvalue weighted by atomic mass is 19.1. The van der Waals surface area contributed by atoms with Gasteiger partial charge in [-0.3, -0.25) is 9.36 Å². The van der Waals surface area contributed by atoms with E-state index in [2.05, 4.69) is 4.98 Å². The van der Waals surface area contributed by atoms with Gasteiger partial charge < -0.3 is 5.73 Å². The first-order valence-electron chi connectivity index (χ1n) is 7.41. The quantitative estimate of drug-likeness (QED) is 0.791. The van der Waals surface area contributed by atoms with Crippen LogP contribution in [0.15, 0.2) is 41.2 Å². The van der Waals surface area contributed by atoms with E-state index in [1.54, 1.807) is 19.2 Å². The first kappa shape index (κ1) is 15.4. The molecular weight excluding hydrogens is 293 g/mol. The van der Waals surface area contributed by atoms with E-state index in [0.717, 1.165) is 11.1 Å². The Morgan fingerprint density at radius 3 is 2.48 bits per heavy atom. The average Bonchev–Trinajstić information content (AvgIpc) is 2.51. The Morgan fingerprint density at radius 2 is 1.87 bits per heavy atom. The van der Waals surface area contributed by atoms with Crippen molar-refractivity contribution in [3.8, 4) is 11.4 Å². The molecule has 2 aromatic carbocycles. The van der Waals surface area contributed by atoms with Gasteiger partial charge in [-0.25, -0.2) is 9.37 Å². The first-order chi connectivity index (χ1) is 10.9. The molecule has 0 aliphatic rings. The Morgan fingerprint density at radius 1 is 1.22 bits per heavy atom. The molecule has 4 nitrogen and oxygen atoms in total. The lowest BCUT2D eigenvalue weighted by molar-refractivity contribution is 0.628. The molecular formula is C18H18FN3O. The van der Waals surface area contributed by atoms with Gasteiger partial charge in [0, 0.05) is 18.7 Å². The monoisotopic (exact) mass is 311 g/mol. The van der Waals surface area contributed by atoms with Crippen LogP contribution < -0.4 is 11.3 Å². The number of fused-ring (bicyclic) bond motifs is 1. The van der Waals surface area contributed by atoms with Crippen molar-refractivity contribution in [3.63, 3.8) is 0 Å². The number of nitrogens with two attached hydrogens (primary N) is 1. The van der Waals surface area contributed by atoms with E-state index in [9.17, 15) is 9.18 Å². The van der Waals surface area contributed by atoms with Crippen molar-refractivity contribution in [2.75, 3.05) is 0 Å². The SMILES string of the molecule is Cc1cc(C(C)N)c2nc(-c3ccc(F)cc3)n(C)c(=O)c2c1. The summed E-state index contributed by atoms with van der Waals surface area (Å²) in [6.07, 6.45) is 0. The van der Waals surface area contributed by atoms with E-state index in [1.165, 1.54) is 16.7 Å². The summed E-state index contributed by atoms with van der Waals surface area (Å²) in [5.74, 6) is 0.166. The molecule has 0 saturated carbocycles. The maximum Gasteiger partial charge on any atom is 0.261 e. The summed E-state index contributed by atoms with van der Waals surface area (Å²) in [6.45, 7) is 3.80. The predicted octanol–water partition coefficient (Wildman–Crippen LogP) is 3.07. The molecule has 118 valence electrons. The second kappa shape index (κ2) is 5.59. The Balaban J connectivity index is 2.39. The smallest absolute Gasteiger partial charge is 0.261 e. The van der Waals surface area contributed by atoms with Crippen LogP contribution in [0.2, 0.25) is 0 Å². The second-order valence-corrected chi connectivity index (χ2v) is 5.85. The van der Waals surface area contributed by atoms with Crippen LogP contribution in [0.25, 0.3) is 22.3 Å². The standard InChI is InChI=1S/C18H18FN3O/c1-10-8-14(11(2)20)16-15(9-10)18(23)22(3)17(21-16)12-4-6-13(19)7-5-12/h4-9,11H,20H2,1-3H3. The number of rotatable bonds is 2. The van der Waals surface area contributed by atoms with E-state index < -0.39 is 0 Å². The molecule has 23 heavy (non-hydrogen) atoms. The van der Waals surface area contributed by atoms with Crippen molar-refractivity contribution in [2.24, 2.45) is 12.8 Å². The topological polar surface area (TPSA) is 60.9 Å². The van der Waals surface area contributed by atoms with Crippen LogP contribution in [0, 0.1) is 12.7 Å². The summed E-state index contributed by atoms with van der Waals surface area (Å²) in [6, 6.07) is 9.48. The highest BCUT2D eigenvalue weighted by Crippen LogP contribution is 2.24. The lowest BCUT2D eigenvalue weighted by Gasteiger charge is -2.14. The van der Waals surface area contributed by atoms with Crippen LogP contribution in [-0.4, -0.2) is 9.55 Å². The molecule has 0 radical (unpaired) electrons. The lowest BCUT2D eigenvalue weighted by Crippen LogP contribution is -2.21. The zero-order valence-corrected chi connectivity index (χ0v) is 13.3. The molecule has 3 rings (SSSR count). The molecule has 2 N–H and O–H groups in total. The summed E-state index contributed by atoms with van der Waals surface area (Å²) in [7, 11) is 1.67. The van der Waals surface area contributed by atoms with Crippen molar-refractivity contribution in [1.29, 1.82) is 0 Å². The number of nitrogens with zero attached hydrogens (tertiary/aromatic N) is 2. The third-order valence-corrected chi connectivity index (χ3v) is 3.95. The van der Waals surface area contributed by atoms with E-state index in [-0.39, 0.29) is 17.4 Å². The van der Waals surface area contributed by atoms with Crippen molar-refractivity contribution < 1.29 is 4.39 Å². The van der Waals surface area contributed by atoms with Crippen molar-refractivity contribution >= 4 is 10.9 Å². The number of aryl methyl sites for hydroxylation is 1. The van der Waals surface area contributed by atoms with Crippen molar-refractivity contribution in [1.82, 2.24) is 9.55 Å². The largest absolute Gasteiger partial charge is 0.324 e. The van der Waals surface area contributed by atoms with Gasteiger partial charge in [0.25, 0.3) is 5.56 Å². The van der Waals surface area contributed by atoms with Gasteiger partial charge in [-0.05, 0) is 55.3 Å². The zero-order valence-electron chi connectivity index (χ0n) is 13.3. The highest BCUT2D eigenvalue weighted by molar-refractivity contribution is 5.84. The number of hydrogen-bond acceptors (Lipinski definition) is 3. The van der Waals surface area contributed by atoms with Crippen LogP contribution in [-0.2, 0) is 7.05 Å². The minimum Gasteiger partial charge on any atom is -0.324 e. The zero-order chi connectivity index (χ0) is 16.7. The molecule has 0 aliphatic heterocycles. The molecule has 1 unspecified atom stereocenters. The van der Waals surface area contributed by atoms with Gasteiger partial charge in [-0.1, -0.05) is 6.07 Å². The fraction of sp³-hybridized carbons (Fsp3) is 0.222. The normalized spacial score (nSPS) is 12.6. The number of aromatic nitrogens is 2. The fourth-order valence-electron chi connectivity index (χ4n) is 2.76. The molecule has 0 aliphatic carbocycles. The maximum absolute atomic E-state index is 13.1. The molecule has 0 bridgehead atoms. The van der Waals surface area contributed by atoms with Gasteiger partial charge in [-0.15, -0.1) is 0 Å². The van der Waals surface area contributed by atoms with Gasteiger partial charge in [-0.2, -0.15) is 0 Å². The molecule has 0 fully saturated rings. The number of hydrogen-bond donors (Lipinski definition) is 1. The van der Waals surface area contributed by atoms with Crippen LogP contribution in [0.3, 0.4) is 0 Å². The van der Waals surface area contributed by atoms with Crippen LogP contribution in [0.5, 0.6) is 0 Å². The molecule has 1 heterocycles. The van der Waals surface area contributed by atoms with Crippen molar-refractivity contribution in [2.45, 2.75) is 19.9 Å². The van der Waals surface area contributed by atoms with E-state index in [1.807, 2.05) is 26.0 Å². The van der Waals surface area contributed by atoms with E-state index >= 15 is 0 Å². The summed E-state index contributed by atoms with van der Waals surface area (Å²) in [5.41, 5.74) is 9.00. The molecule has 1 aromatic heterocycles. The van der Waals surface area contributed by atoms with Gasteiger partial charge in [0.1, 0.15) is 11.6 Å². The summed E-state index contributed by atoms with van der Waals surface area (Å²) in [5, 5.41) is 0.547. The lowest BCUT2D eigenvalue weighted by atomic mass is 10.0. The van der Waals surface area contributed by atoms with Gasteiger partial charge in [0.05, 0.1) is 10.9 Å². The minimum absolute atomic E-state index is 0.139. The minimum atomic E-state index is -0.327. The maximum atomic E-state index is 13.1. The molecule has 0 saturated heterocycles. The first-order valence-corrected chi connectivity index (χ1v) is 7.41. The Labute approximate surface area is 133 Å². The van der Waals surface area contributed by atoms with Crippen LogP contribution in [0.4, 0.5) is 4.39 Å². The molecule has 5 heteroatoms. The van der Waals surface area contributed by atoms with Crippen molar-refractivity contribution in [3.05, 3.63) is 63.7 Å². The highest BCUT2D eigenvalue weighted by Gasteiger charge is 2.15. The van der Waals surface area contributed by atoms with Crippen LogP contribution in [0.1, 0.15) is 24.1 Å². The molecule has 0 amide bonds. The molecule has 0 spiro atoms. The fourth-order valence-corrected chi connectivity index (χ4v) is 2.76. The van der Waals surface area contributed by atoms with E-state index in [4.69, 9.17) is 5.73 Å². The summed E-state index contributed by atoms with van der Waals surface area (Å²) in [4.78, 5) is 17.4.